The van der Waals surface area contributed by atoms with Gasteiger partial charge in [-0.3, -0.25) is 0 Å². The summed E-state index contributed by atoms with van der Waals surface area (Å²) in [4.78, 5) is 10.8. The molecule has 0 bridgehead atoms. The summed E-state index contributed by atoms with van der Waals surface area (Å²) in [5.41, 5.74) is -0.555. The van der Waals surface area contributed by atoms with Crippen LogP contribution in [-0.2, 0) is 0 Å². The molecule has 0 saturated heterocycles. The van der Waals surface area contributed by atoms with Gasteiger partial charge >= 0.3 is 23.2 Å². The Labute approximate surface area is 132 Å². The summed E-state index contributed by atoms with van der Waals surface area (Å²) in [5, 5.41) is 40.0. The number of hydrogen-bond acceptors (Lipinski definition) is 7. The van der Waals surface area contributed by atoms with Gasteiger partial charge in [-0.15, -0.1) is 0 Å². The molecule has 2 aromatic rings. The second-order valence-electron chi connectivity index (χ2n) is 2.61. The number of fused-ring (bicyclic) bond motifs is 1. The monoisotopic (exact) mass is 366 g/mol. The molecule has 0 amide bonds. The average Bonchev–Trinajstić information content (AvgIpc) is 2.50. The molecule has 2 rings (SSSR count). The van der Waals surface area contributed by atoms with Gasteiger partial charge in [0.2, 0.25) is 5.75 Å². The molecular weight excluding hydrogens is 345 g/mol. The third-order valence-electron chi connectivity index (χ3n) is 1.74. The van der Waals surface area contributed by atoms with Crippen LogP contribution in [0.15, 0.2) is 33.5 Å². The number of aliphatic hydroxyl groups is 3. The molecule has 9 heteroatoms. The smallest absolute Gasteiger partial charge is 0.504 e. The first kappa shape index (κ1) is 27.7. The number of rotatable bonds is 0. The predicted octanol–water partition coefficient (Wildman–Crippen LogP) is -1.18. The van der Waals surface area contributed by atoms with Crippen molar-refractivity contribution < 1.29 is 35.4 Å². The number of phenols is 2. The fourth-order valence-corrected chi connectivity index (χ4v) is 1.11. The van der Waals surface area contributed by atoms with Gasteiger partial charge in [0, 0.05) is 32.8 Å². The van der Waals surface area contributed by atoms with Gasteiger partial charge in [0.15, 0.2) is 11.3 Å². The number of benzene rings is 1. The van der Waals surface area contributed by atoms with E-state index in [9.17, 15) is 9.90 Å². The average molecular weight is 365 g/mol. The zero-order chi connectivity index (χ0) is 15.4. The number of phenolic OH excluding ortho intramolecular Hbond substituents is 2. The van der Waals surface area contributed by atoms with Gasteiger partial charge in [-0.25, -0.2) is 4.79 Å². The minimum atomic E-state index is -0.562. The Hall–Kier alpha value is -1.59. The maximum atomic E-state index is 10.8. The number of aliphatic hydroxyl groups excluding tert-OH is 3. The van der Waals surface area contributed by atoms with Crippen LogP contribution in [0.25, 0.3) is 11.0 Å². The molecule has 1 heterocycles. The summed E-state index contributed by atoms with van der Waals surface area (Å²) in [6, 6.07) is 5.64. The van der Waals surface area contributed by atoms with Crippen molar-refractivity contribution in [2.45, 2.75) is 0 Å². The molecule has 0 aliphatic heterocycles. The van der Waals surface area contributed by atoms with Gasteiger partial charge in [-0.05, 0) is 18.2 Å². The van der Waals surface area contributed by atoms with E-state index in [0.717, 1.165) is 21.3 Å². The van der Waals surface area contributed by atoms with E-state index in [1.807, 2.05) is 0 Å². The van der Waals surface area contributed by atoms with Crippen molar-refractivity contribution in [3.63, 3.8) is 0 Å². The van der Waals surface area contributed by atoms with E-state index in [0.29, 0.717) is 5.39 Å². The maximum Gasteiger partial charge on any atom is 4.00 e. The van der Waals surface area contributed by atoms with Crippen LogP contribution in [0.1, 0.15) is 0 Å². The Balaban J connectivity index is -0.000000162. The second-order valence-corrected chi connectivity index (χ2v) is 2.61. The van der Waals surface area contributed by atoms with Gasteiger partial charge in [-0.1, -0.05) is 0 Å². The Bertz CT molecular complexity index is 526. The standard InChI is InChI=1S/C9H6O4.3CH4O.Ge.H2O/c10-6-3-1-5-2-4-7(11)13-9(5)8(6)12;3*1-2;;/h1-4,10,12H;3*2H,1H3;;1H2/q;;;;+4;. The van der Waals surface area contributed by atoms with Gasteiger partial charge in [0.1, 0.15) is 0 Å². The number of hydrogen-bond donors (Lipinski definition) is 5. The molecule has 21 heavy (non-hydrogen) atoms. The fourth-order valence-electron chi connectivity index (χ4n) is 1.11. The van der Waals surface area contributed by atoms with Crippen molar-refractivity contribution in [1.82, 2.24) is 0 Å². The zero-order valence-electron chi connectivity index (χ0n) is 11.9. The van der Waals surface area contributed by atoms with Crippen molar-refractivity contribution >= 4 is 28.6 Å². The topological polar surface area (TPSA) is 163 Å². The Morgan fingerprint density at radius 1 is 0.857 bits per heavy atom. The van der Waals surface area contributed by atoms with Crippen LogP contribution in [0.3, 0.4) is 0 Å². The molecule has 1 aromatic heterocycles. The summed E-state index contributed by atoms with van der Waals surface area (Å²) in [6.07, 6.45) is 0. The minimum absolute atomic E-state index is 0. The van der Waals surface area contributed by atoms with Crippen LogP contribution in [0.4, 0.5) is 0 Å². The van der Waals surface area contributed by atoms with Crippen LogP contribution >= 0.6 is 0 Å². The van der Waals surface area contributed by atoms with Crippen molar-refractivity contribution in [3.05, 3.63) is 34.7 Å². The first-order valence-electron chi connectivity index (χ1n) is 4.97. The van der Waals surface area contributed by atoms with Gasteiger partial charge in [-0.2, -0.15) is 0 Å². The molecule has 1 aromatic carbocycles. The van der Waals surface area contributed by atoms with Crippen molar-refractivity contribution in [2.24, 2.45) is 0 Å². The summed E-state index contributed by atoms with van der Waals surface area (Å²) in [5.74, 6) is -0.711. The van der Waals surface area contributed by atoms with E-state index in [-0.39, 0.29) is 34.4 Å². The van der Waals surface area contributed by atoms with Crippen molar-refractivity contribution in [3.8, 4) is 11.5 Å². The van der Waals surface area contributed by atoms with Crippen LogP contribution in [-0.4, -0.2) is 69.9 Å². The van der Waals surface area contributed by atoms with E-state index in [1.54, 1.807) is 6.07 Å². The van der Waals surface area contributed by atoms with Gasteiger partial charge in [0.25, 0.3) is 0 Å². The Morgan fingerprint density at radius 3 is 1.76 bits per heavy atom. The molecular formula is C12H20GeO8+4. The molecule has 0 atom stereocenters. The predicted molar refractivity (Wildman–Crippen MR) is 79.6 cm³/mol. The molecule has 0 fully saturated rings. The van der Waals surface area contributed by atoms with Gasteiger partial charge < -0.3 is 35.4 Å². The maximum absolute atomic E-state index is 10.8. The normalized spacial score (nSPS) is 7.33. The Morgan fingerprint density at radius 2 is 1.29 bits per heavy atom. The quantitative estimate of drug-likeness (QED) is 0.223. The third kappa shape index (κ3) is 8.32. The van der Waals surface area contributed by atoms with E-state index in [2.05, 4.69) is 0 Å². The van der Waals surface area contributed by atoms with Gasteiger partial charge in [0.05, 0.1) is 0 Å². The SMILES string of the molecule is CO.CO.CO.O.O=c1ccc2ccc(O)c(O)c2o1.[Ge+4]. The molecule has 0 unspecified atom stereocenters. The summed E-state index contributed by atoms with van der Waals surface area (Å²) < 4.78 is 4.71. The molecule has 116 valence electrons. The number of aromatic hydroxyl groups is 2. The first-order valence-corrected chi connectivity index (χ1v) is 4.97. The summed E-state index contributed by atoms with van der Waals surface area (Å²) >= 11 is 0. The second kappa shape index (κ2) is 16.5. The van der Waals surface area contributed by atoms with Crippen molar-refractivity contribution in [1.29, 1.82) is 0 Å². The zero-order valence-corrected chi connectivity index (χ0v) is 14.0. The molecule has 0 saturated carbocycles. The van der Waals surface area contributed by atoms with E-state index in [1.165, 1.54) is 18.2 Å². The molecule has 0 spiro atoms. The molecule has 0 radical (unpaired) electrons. The van der Waals surface area contributed by atoms with E-state index in [4.69, 9.17) is 24.8 Å². The summed E-state index contributed by atoms with van der Waals surface area (Å²) in [6.45, 7) is 0. The molecule has 7 N–H and O–H groups in total. The molecule has 0 aliphatic carbocycles. The molecule has 0 aliphatic rings. The molecule has 8 nitrogen and oxygen atoms in total. The van der Waals surface area contributed by atoms with Crippen LogP contribution in [0, 0.1) is 0 Å². The largest absolute Gasteiger partial charge is 4.00 e. The first-order chi connectivity index (χ1) is 9.18. The van der Waals surface area contributed by atoms with E-state index < -0.39 is 11.4 Å². The summed E-state index contributed by atoms with van der Waals surface area (Å²) in [7, 11) is 3.00. The third-order valence-corrected chi connectivity index (χ3v) is 1.74. The van der Waals surface area contributed by atoms with E-state index >= 15 is 0 Å². The van der Waals surface area contributed by atoms with Crippen LogP contribution in [0.2, 0.25) is 0 Å². The fraction of sp³-hybridized carbons (Fsp3) is 0.250. The Kier molecular flexibility index (Phi) is 21.7. The van der Waals surface area contributed by atoms with Crippen molar-refractivity contribution in [2.75, 3.05) is 21.3 Å². The minimum Gasteiger partial charge on any atom is -0.504 e. The van der Waals surface area contributed by atoms with Crippen LogP contribution in [0.5, 0.6) is 11.5 Å². The van der Waals surface area contributed by atoms with Crippen LogP contribution < -0.4 is 5.63 Å².